The summed E-state index contributed by atoms with van der Waals surface area (Å²) in [5.74, 6) is 0. The minimum absolute atomic E-state index is 0.101. The van der Waals surface area contributed by atoms with Gasteiger partial charge in [-0.25, -0.2) is 8.42 Å². The van der Waals surface area contributed by atoms with Crippen LogP contribution < -0.4 is 0 Å². The smallest absolute Gasteiger partial charge is 0.244 e. The average molecular weight is 289 g/mol. The molecule has 1 heterocycles. The minimum Gasteiger partial charge on any atom is -0.391 e. The predicted octanol–water partition coefficient (Wildman–Crippen LogP) is 2.19. The Kier molecular flexibility index (Phi) is 4.42. The van der Waals surface area contributed by atoms with E-state index in [2.05, 4.69) is 0 Å². The normalized spacial score (nSPS) is 17.7. The lowest BCUT2D eigenvalue weighted by Gasteiger charge is -2.26. The van der Waals surface area contributed by atoms with Gasteiger partial charge in [0.15, 0.2) is 0 Å². The van der Waals surface area contributed by atoms with Gasteiger partial charge in [0.25, 0.3) is 0 Å². The molecule has 0 unspecified atom stereocenters. The van der Waals surface area contributed by atoms with Crippen molar-refractivity contribution in [3.63, 3.8) is 0 Å². The highest BCUT2D eigenvalue weighted by Crippen LogP contribution is 2.30. The van der Waals surface area contributed by atoms with Gasteiger partial charge in [-0.1, -0.05) is 19.8 Å². The summed E-state index contributed by atoms with van der Waals surface area (Å²) in [5.41, 5.74) is 0. The van der Waals surface area contributed by atoms with Crippen molar-refractivity contribution in [1.82, 2.24) is 4.31 Å². The van der Waals surface area contributed by atoms with Gasteiger partial charge < -0.3 is 5.11 Å². The van der Waals surface area contributed by atoms with Crippen molar-refractivity contribution in [2.24, 2.45) is 0 Å². The first-order valence-corrected chi connectivity index (χ1v) is 8.61. The number of aliphatic hydroxyl groups is 1. The fourth-order valence-electron chi connectivity index (χ4n) is 2.53. The number of nitrogens with zero attached hydrogens (tertiary/aromatic N) is 1. The van der Waals surface area contributed by atoms with Crippen LogP contribution in [0.4, 0.5) is 0 Å². The zero-order chi connectivity index (χ0) is 13.2. The number of aliphatic hydroxyl groups excluding tert-OH is 1. The lowest BCUT2D eigenvalue weighted by molar-refractivity contribution is 0.285. The molecular weight excluding hydrogens is 270 g/mol. The van der Waals surface area contributed by atoms with Crippen molar-refractivity contribution in [3.05, 3.63) is 16.3 Å². The molecule has 0 spiro atoms. The van der Waals surface area contributed by atoms with Crippen LogP contribution in [0.2, 0.25) is 0 Å². The van der Waals surface area contributed by atoms with E-state index in [0.717, 1.165) is 25.7 Å². The molecule has 18 heavy (non-hydrogen) atoms. The maximum atomic E-state index is 12.5. The van der Waals surface area contributed by atoms with Crippen LogP contribution in [0.15, 0.2) is 16.3 Å². The number of hydrogen-bond donors (Lipinski definition) is 1. The van der Waals surface area contributed by atoms with Gasteiger partial charge in [-0.05, 0) is 18.9 Å². The quantitative estimate of drug-likeness (QED) is 0.904. The van der Waals surface area contributed by atoms with E-state index >= 15 is 0 Å². The van der Waals surface area contributed by atoms with Crippen LogP contribution in [-0.4, -0.2) is 30.4 Å². The second-order valence-corrected chi connectivity index (χ2v) is 7.44. The standard InChI is InChI=1S/C12H19NO3S2/c1-2-13(10-5-3-4-6-10)18(15,16)12-7-11(8-14)17-9-12/h7,9-10,14H,2-6,8H2,1H3. The third-order valence-electron chi connectivity index (χ3n) is 3.44. The summed E-state index contributed by atoms with van der Waals surface area (Å²) in [5, 5.41) is 10.6. The molecule has 4 nitrogen and oxygen atoms in total. The highest BCUT2D eigenvalue weighted by Gasteiger charge is 2.32. The van der Waals surface area contributed by atoms with Crippen molar-refractivity contribution in [2.45, 2.75) is 50.2 Å². The van der Waals surface area contributed by atoms with Gasteiger partial charge in [0.1, 0.15) is 0 Å². The minimum atomic E-state index is -3.39. The van der Waals surface area contributed by atoms with Crippen LogP contribution in [-0.2, 0) is 16.6 Å². The molecule has 2 rings (SSSR count). The summed E-state index contributed by atoms with van der Waals surface area (Å²) in [6.07, 6.45) is 4.15. The summed E-state index contributed by atoms with van der Waals surface area (Å²) >= 11 is 1.29. The maximum absolute atomic E-state index is 12.5. The molecule has 0 atom stereocenters. The van der Waals surface area contributed by atoms with E-state index in [4.69, 9.17) is 5.11 Å². The second-order valence-electron chi connectivity index (χ2n) is 4.55. The van der Waals surface area contributed by atoms with Crippen molar-refractivity contribution in [2.75, 3.05) is 6.54 Å². The summed E-state index contributed by atoms with van der Waals surface area (Å²) < 4.78 is 26.7. The Balaban J connectivity index is 2.27. The molecule has 1 aromatic rings. The topological polar surface area (TPSA) is 57.6 Å². The van der Waals surface area contributed by atoms with E-state index in [0.29, 0.717) is 16.3 Å². The molecule has 102 valence electrons. The first-order chi connectivity index (χ1) is 8.59. The number of hydrogen-bond acceptors (Lipinski definition) is 4. The lowest BCUT2D eigenvalue weighted by Crippen LogP contribution is -2.38. The van der Waals surface area contributed by atoms with Crippen LogP contribution in [0, 0.1) is 0 Å². The van der Waals surface area contributed by atoms with E-state index in [-0.39, 0.29) is 12.6 Å². The molecule has 0 saturated heterocycles. The first kappa shape index (κ1) is 14.0. The number of rotatable bonds is 5. The molecule has 0 bridgehead atoms. The Morgan fingerprint density at radius 2 is 2.11 bits per heavy atom. The number of sulfonamides is 1. The monoisotopic (exact) mass is 289 g/mol. The van der Waals surface area contributed by atoms with Crippen LogP contribution in [0.1, 0.15) is 37.5 Å². The van der Waals surface area contributed by atoms with Gasteiger partial charge in [0.2, 0.25) is 10.0 Å². The third kappa shape index (κ3) is 2.61. The van der Waals surface area contributed by atoms with Crippen LogP contribution in [0.3, 0.4) is 0 Å². The van der Waals surface area contributed by atoms with Crippen LogP contribution in [0.25, 0.3) is 0 Å². The Labute approximate surface area is 112 Å². The van der Waals surface area contributed by atoms with E-state index in [9.17, 15) is 8.42 Å². The van der Waals surface area contributed by atoms with Gasteiger partial charge in [-0.3, -0.25) is 0 Å². The Bertz CT molecular complexity index is 489. The highest BCUT2D eigenvalue weighted by molar-refractivity contribution is 7.89. The van der Waals surface area contributed by atoms with Crippen LogP contribution in [0.5, 0.6) is 0 Å². The van der Waals surface area contributed by atoms with Gasteiger partial charge in [0, 0.05) is 22.8 Å². The predicted molar refractivity (Wildman–Crippen MR) is 72.1 cm³/mol. The van der Waals surface area contributed by atoms with Crippen molar-refractivity contribution in [1.29, 1.82) is 0 Å². The van der Waals surface area contributed by atoms with E-state index < -0.39 is 10.0 Å². The molecule has 1 N–H and O–H groups in total. The Morgan fingerprint density at radius 3 is 2.61 bits per heavy atom. The average Bonchev–Trinajstić information content (AvgIpc) is 3.00. The van der Waals surface area contributed by atoms with Gasteiger partial charge in [0.05, 0.1) is 11.5 Å². The summed E-state index contributed by atoms with van der Waals surface area (Å²) in [6, 6.07) is 1.73. The summed E-state index contributed by atoms with van der Waals surface area (Å²) in [6.45, 7) is 2.29. The fraction of sp³-hybridized carbons (Fsp3) is 0.667. The van der Waals surface area contributed by atoms with Crippen molar-refractivity contribution >= 4 is 21.4 Å². The molecule has 0 aromatic carbocycles. The fourth-order valence-corrected chi connectivity index (χ4v) is 5.35. The third-order valence-corrected chi connectivity index (χ3v) is 6.51. The van der Waals surface area contributed by atoms with Gasteiger partial charge >= 0.3 is 0 Å². The molecule has 0 aliphatic heterocycles. The SMILES string of the molecule is CCN(C1CCCC1)S(=O)(=O)c1csc(CO)c1. The van der Waals surface area contributed by atoms with E-state index in [1.807, 2.05) is 6.92 Å². The highest BCUT2D eigenvalue weighted by atomic mass is 32.2. The molecule has 1 saturated carbocycles. The largest absolute Gasteiger partial charge is 0.391 e. The maximum Gasteiger partial charge on any atom is 0.244 e. The molecule has 0 amide bonds. The molecule has 1 aliphatic carbocycles. The second kappa shape index (κ2) is 5.69. The van der Waals surface area contributed by atoms with Crippen LogP contribution >= 0.6 is 11.3 Å². The zero-order valence-electron chi connectivity index (χ0n) is 10.5. The summed E-state index contributed by atoms with van der Waals surface area (Å²) in [7, 11) is -3.39. The molecule has 1 aliphatic rings. The van der Waals surface area contributed by atoms with Crippen molar-refractivity contribution < 1.29 is 13.5 Å². The molecule has 1 fully saturated rings. The zero-order valence-corrected chi connectivity index (χ0v) is 12.1. The summed E-state index contributed by atoms with van der Waals surface area (Å²) in [4.78, 5) is 1.02. The first-order valence-electron chi connectivity index (χ1n) is 6.29. The Morgan fingerprint density at radius 1 is 1.44 bits per heavy atom. The Hall–Kier alpha value is -0.430. The van der Waals surface area contributed by atoms with Gasteiger partial charge in [-0.15, -0.1) is 11.3 Å². The van der Waals surface area contributed by atoms with Crippen molar-refractivity contribution in [3.8, 4) is 0 Å². The van der Waals surface area contributed by atoms with E-state index in [1.165, 1.54) is 11.3 Å². The van der Waals surface area contributed by atoms with E-state index in [1.54, 1.807) is 15.8 Å². The molecular formula is C12H19NO3S2. The number of thiophene rings is 1. The molecule has 1 aromatic heterocycles. The molecule has 0 radical (unpaired) electrons. The van der Waals surface area contributed by atoms with Gasteiger partial charge in [-0.2, -0.15) is 4.31 Å². The lowest BCUT2D eigenvalue weighted by atomic mass is 10.2. The molecule has 6 heteroatoms.